The monoisotopic (exact) mass is 424 g/mol. The SMILES string of the molecule is CCCCCC1CCC(C2CCC(OCc3ccc(OCC)c(F)c3F)OC2)CC1. The van der Waals surface area contributed by atoms with E-state index in [-0.39, 0.29) is 24.2 Å². The molecule has 1 aliphatic carbocycles. The van der Waals surface area contributed by atoms with Crippen LogP contribution in [-0.4, -0.2) is 19.5 Å². The maximum atomic E-state index is 14.2. The quantitative estimate of drug-likeness (QED) is 0.378. The third-order valence-corrected chi connectivity index (χ3v) is 6.89. The molecule has 1 saturated carbocycles. The molecule has 0 aromatic heterocycles. The van der Waals surface area contributed by atoms with E-state index < -0.39 is 11.6 Å². The molecule has 0 radical (unpaired) electrons. The summed E-state index contributed by atoms with van der Waals surface area (Å²) in [7, 11) is 0. The Morgan fingerprint density at radius 3 is 2.37 bits per heavy atom. The van der Waals surface area contributed by atoms with Crippen LogP contribution in [0.2, 0.25) is 0 Å². The Balaban J connectivity index is 1.38. The predicted molar refractivity (Wildman–Crippen MR) is 114 cm³/mol. The van der Waals surface area contributed by atoms with Crippen LogP contribution in [0.5, 0.6) is 5.75 Å². The number of rotatable bonds is 10. The Bertz CT molecular complexity index is 636. The maximum absolute atomic E-state index is 14.2. The second-order valence-electron chi connectivity index (χ2n) is 8.97. The van der Waals surface area contributed by atoms with Gasteiger partial charge in [-0.05, 0) is 62.5 Å². The van der Waals surface area contributed by atoms with Gasteiger partial charge in [0, 0.05) is 5.56 Å². The maximum Gasteiger partial charge on any atom is 0.200 e. The summed E-state index contributed by atoms with van der Waals surface area (Å²) in [5, 5.41) is 0. The highest BCUT2D eigenvalue weighted by Crippen LogP contribution is 2.39. The molecule has 0 amide bonds. The van der Waals surface area contributed by atoms with Crippen LogP contribution in [0.1, 0.15) is 83.6 Å². The molecule has 0 N–H and O–H groups in total. The third kappa shape index (κ3) is 6.40. The number of hydrogen-bond acceptors (Lipinski definition) is 3. The molecule has 1 aliphatic heterocycles. The molecule has 0 spiro atoms. The van der Waals surface area contributed by atoms with Gasteiger partial charge in [-0.2, -0.15) is 4.39 Å². The topological polar surface area (TPSA) is 27.7 Å². The first-order valence-electron chi connectivity index (χ1n) is 11.9. The number of halogens is 2. The van der Waals surface area contributed by atoms with Crippen molar-refractivity contribution in [2.75, 3.05) is 13.2 Å². The zero-order valence-electron chi connectivity index (χ0n) is 18.6. The summed E-state index contributed by atoms with van der Waals surface area (Å²) in [5.41, 5.74) is 0.197. The van der Waals surface area contributed by atoms with Crippen LogP contribution in [0.15, 0.2) is 12.1 Å². The Morgan fingerprint density at radius 1 is 0.933 bits per heavy atom. The molecular weight excluding hydrogens is 386 g/mol. The Morgan fingerprint density at radius 2 is 1.70 bits per heavy atom. The Hall–Kier alpha value is -1.20. The second kappa shape index (κ2) is 12.0. The van der Waals surface area contributed by atoms with Gasteiger partial charge in [-0.3, -0.25) is 0 Å². The van der Waals surface area contributed by atoms with E-state index in [1.165, 1.54) is 63.5 Å². The van der Waals surface area contributed by atoms with E-state index in [4.69, 9.17) is 14.2 Å². The third-order valence-electron chi connectivity index (χ3n) is 6.89. The summed E-state index contributed by atoms with van der Waals surface area (Å²) in [4.78, 5) is 0. The first-order valence-corrected chi connectivity index (χ1v) is 11.9. The summed E-state index contributed by atoms with van der Waals surface area (Å²) in [6.45, 7) is 5.03. The van der Waals surface area contributed by atoms with Crippen LogP contribution in [0.4, 0.5) is 8.78 Å². The van der Waals surface area contributed by atoms with Gasteiger partial charge in [-0.1, -0.05) is 45.4 Å². The van der Waals surface area contributed by atoms with Gasteiger partial charge in [0.2, 0.25) is 5.82 Å². The van der Waals surface area contributed by atoms with Crippen molar-refractivity contribution < 1.29 is 23.0 Å². The van der Waals surface area contributed by atoms with Crippen LogP contribution in [0.25, 0.3) is 0 Å². The molecule has 1 heterocycles. The largest absolute Gasteiger partial charge is 0.491 e. The van der Waals surface area contributed by atoms with E-state index in [1.807, 2.05) is 0 Å². The van der Waals surface area contributed by atoms with E-state index in [9.17, 15) is 8.78 Å². The number of hydrogen-bond donors (Lipinski definition) is 0. The van der Waals surface area contributed by atoms with Crippen LogP contribution < -0.4 is 4.74 Å². The van der Waals surface area contributed by atoms with Gasteiger partial charge in [0.1, 0.15) is 0 Å². The molecule has 5 heteroatoms. The molecule has 1 saturated heterocycles. The lowest BCUT2D eigenvalue weighted by Crippen LogP contribution is -2.33. The summed E-state index contributed by atoms with van der Waals surface area (Å²) in [6.07, 6.45) is 12.4. The van der Waals surface area contributed by atoms with Crippen molar-refractivity contribution in [2.24, 2.45) is 17.8 Å². The van der Waals surface area contributed by atoms with Gasteiger partial charge in [0.15, 0.2) is 17.9 Å². The van der Waals surface area contributed by atoms with Crippen LogP contribution in [0, 0.1) is 29.4 Å². The molecule has 1 aromatic carbocycles. The lowest BCUT2D eigenvalue weighted by atomic mass is 9.73. The summed E-state index contributed by atoms with van der Waals surface area (Å²) in [5.74, 6) is 0.402. The highest BCUT2D eigenvalue weighted by molar-refractivity contribution is 5.30. The Kier molecular flexibility index (Phi) is 9.38. The van der Waals surface area contributed by atoms with Crippen molar-refractivity contribution in [3.63, 3.8) is 0 Å². The number of unbranched alkanes of at least 4 members (excludes halogenated alkanes) is 2. The summed E-state index contributed by atoms with van der Waals surface area (Å²) >= 11 is 0. The van der Waals surface area contributed by atoms with Gasteiger partial charge in [0.25, 0.3) is 0 Å². The first kappa shape index (κ1) is 23.5. The average Bonchev–Trinajstić information content (AvgIpc) is 2.78. The minimum absolute atomic E-state index is 0.00730. The molecule has 0 bridgehead atoms. The highest BCUT2D eigenvalue weighted by Gasteiger charge is 2.31. The fraction of sp³-hybridized carbons (Fsp3) is 0.760. The van der Waals surface area contributed by atoms with Gasteiger partial charge in [-0.15, -0.1) is 0 Å². The number of benzene rings is 1. The van der Waals surface area contributed by atoms with E-state index in [1.54, 1.807) is 6.92 Å². The van der Waals surface area contributed by atoms with Gasteiger partial charge < -0.3 is 14.2 Å². The molecule has 1 aromatic rings. The summed E-state index contributed by atoms with van der Waals surface area (Å²) < 4.78 is 45.0. The van der Waals surface area contributed by atoms with E-state index >= 15 is 0 Å². The average molecular weight is 425 g/mol. The molecule has 2 unspecified atom stereocenters. The molecule has 2 aliphatic rings. The van der Waals surface area contributed by atoms with Crippen LogP contribution >= 0.6 is 0 Å². The van der Waals surface area contributed by atoms with Gasteiger partial charge in [0.05, 0.1) is 19.8 Å². The minimum atomic E-state index is -0.951. The van der Waals surface area contributed by atoms with Gasteiger partial charge in [-0.25, -0.2) is 4.39 Å². The number of ether oxygens (including phenoxy) is 3. The lowest BCUT2D eigenvalue weighted by molar-refractivity contribution is -0.188. The zero-order chi connectivity index (χ0) is 21.3. The van der Waals surface area contributed by atoms with Crippen molar-refractivity contribution in [3.8, 4) is 5.75 Å². The van der Waals surface area contributed by atoms with Crippen LogP contribution in [-0.2, 0) is 16.1 Å². The van der Waals surface area contributed by atoms with Crippen molar-refractivity contribution in [1.82, 2.24) is 0 Å². The molecule has 170 valence electrons. The Labute approximate surface area is 180 Å². The molecule has 2 atom stereocenters. The standard InChI is InChI=1S/C25H38F2O3/c1-3-5-6-7-18-8-10-19(11-9-18)20-13-15-23(29-16-20)30-17-21-12-14-22(28-4-2)25(27)24(21)26/h12,14,18-20,23H,3-11,13,15-17H2,1-2H3. The smallest absolute Gasteiger partial charge is 0.200 e. The minimum Gasteiger partial charge on any atom is -0.491 e. The molecular formula is C25H38F2O3. The van der Waals surface area contributed by atoms with E-state index in [2.05, 4.69) is 6.92 Å². The van der Waals surface area contributed by atoms with Crippen molar-refractivity contribution in [1.29, 1.82) is 0 Å². The molecule has 3 nitrogen and oxygen atoms in total. The van der Waals surface area contributed by atoms with E-state index in [0.29, 0.717) is 12.5 Å². The fourth-order valence-corrected chi connectivity index (χ4v) is 5.02. The highest BCUT2D eigenvalue weighted by atomic mass is 19.2. The van der Waals surface area contributed by atoms with E-state index in [0.717, 1.165) is 31.3 Å². The summed E-state index contributed by atoms with van der Waals surface area (Å²) in [6, 6.07) is 2.98. The van der Waals surface area contributed by atoms with Crippen molar-refractivity contribution in [2.45, 2.75) is 91.0 Å². The normalized spacial score (nSPS) is 27.2. The molecule has 2 fully saturated rings. The van der Waals surface area contributed by atoms with Crippen molar-refractivity contribution >= 4 is 0 Å². The first-order chi connectivity index (χ1) is 14.6. The molecule has 3 rings (SSSR count). The van der Waals surface area contributed by atoms with Gasteiger partial charge >= 0.3 is 0 Å². The predicted octanol–water partition coefficient (Wildman–Crippen LogP) is 7.02. The fourth-order valence-electron chi connectivity index (χ4n) is 5.02. The molecule has 30 heavy (non-hydrogen) atoms. The lowest BCUT2D eigenvalue weighted by Gasteiger charge is -2.37. The zero-order valence-corrected chi connectivity index (χ0v) is 18.6. The second-order valence-corrected chi connectivity index (χ2v) is 8.97. The van der Waals surface area contributed by atoms with Crippen LogP contribution in [0.3, 0.4) is 0 Å². The van der Waals surface area contributed by atoms with Crippen molar-refractivity contribution in [3.05, 3.63) is 29.3 Å².